The van der Waals surface area contributed by atoms with Gasteiger partial charge in [0.05, 0.1) is 12.5 Å². The maximum absolute atomic E-state index is 12.1. The van der Waals surface area contributed by atoms with Gasteiger partial charge in [-0.3, -0.25) is 4.79 Å². The second kappa shape index (κ2) is 6.24. The molecule has 0 bridgehead atoms. The molecule has 1 fully saturated rings. The molecule has 1 heterocycles. The summed E-state index contributed by atoms with van der Waals surface area (Å²) in [5.41, 5.74) is 1.91. The van der Waals surface area contributed by atoms with E-state index in [1.165, 1.54) is 0 Å². The first-order valence-corrected chi connectivity index (χ1v) is 6.72. The molecule has 19 heavy (non-hydrogen) atoms. The summed E-state index contributed by atoms with van der Waals surface area (Å²) in [5.74, 6) is 0.165. The maximum Gasteiger partial charge on any atom is 0.244 e. The van der Waals surface area contributed by atoms with Crippen molar-refractivity contribution >= 4 is 11.6 Å². The predicted molar refractivity (Wildman–Crippen MR) is 74.7 cm³/mol. The molecule has 1 unspecified atom stereocenters. The van der Waals surface area contributed by atoms with Gasteiger partial charge in [-0.2, -0.15) is 5.26 Å². The molecule has 2 rings (SSSR count). The zero-order chi connectivity index (χ0) is 13.7. The van der Waals surface area contributed by atoms with Crippen LogP contribution < -0.4 is 5.32 Å². The summed E-state index contributed by atoms with van der Waals surface area (Å²) in [5, 5.41) is 11.8. The molecular weight excluding hydrogens is 238 g/mol. The van der Waals surface area contributed by atoms with Crippen molar-refractivity contribution in [3.05, 3.63) is 29.8 Å². The van der Waals surface area contributed by atoms with E-state index in [0.717, 1.165) is 37.2 Å². The highest BCUT2D eigenvalue weighted by Crippen LogP contribution is 2.14. The Hall–Kier alpha value is -2.02. The fraction of sp³-hybridized carbons (Fsp3) is 0.467. The minimum absolute atomic E-state index is 0.165. The van der Waals surface area contributed by atoms with E-state index >= 15 is 0 Å². The summed E-state index contributed by atoms with van der Waals surface area (Å²) in [6.07, 6.45) is 2.64. The topological polar surface area (TPSA) is 56.1 Å². The lowest BCUT2D eigenvalue weighted by atomic mass is 10.1. The fourth-order valence-corrected chi connectivity index (χ4v) is 2.33. The van der Waals surface area contributed by atoms with Crippen molar-refractivity contribution in [1.29, 1.82) is 5.26 Å². The summed E-state index contributed by atoms with van der Waals surface area (Å²) in [6, 6.07) is 9.57. The van der Waals surface area contributed by atoms with E-state index in [0.29, 0.717) is 6.42 Å². The zero-order valence-electron chi connectivity index (χ0n) is 11.2. The van der Waals surface area contributed by atoms with Gasteiger partial charge in [0.2, 0.25) is 5.91 Å². The van der Waals surface area contributed by atoms with Crippen molar-refractivity contribution < 1.29 is 4.79 Å². The van der Waals surface area contributed by atoms with E-state index in [9.17, 15) is 4.79 Å². The smallest absolute Gasteiger partial charge is 0.244 e. The lowest BCUT2D eigenvalue weighted by molar-refractivity contribution is -0.130. The van der Waals surface area contributed by atoms with E-state index in [-0.39, 0.29) is 11.9 Å². The SMILES string of the molecule is CC(Nc1ccc(CC#N)cc1)C(=O)N1CCCC1. The Morgan fingerprint density at radius 1 is 1.37 bits per heavy atom. The van der Waals surface area contributed by atoms with Crippen LogP contribution in [0, 0.1) is 11.3 Å². The molecule has 1 aliphatic heterocycles. The molecule has 4 heteroatoms. The monoisotopic (exact) mass is 257 g/mol. The number of benzene rings is 1. The summed E-state index contributed by atoms with van der Waals surface area (Å²) in [7, 11) is 0. The molecule has 1 amide bonds. The summed E-state index contributed by atoms with van der Waals surface area (Å²) in [4.78, 5) is 14.1. The number of nitriles is 1. The van der Waals surface area contributed by atoms with Crippen LogP contribution in [0.4, 0.5) is 5.69 Å². The lowest BCUT2D eigenvalue weighted by Gasteiger charge is -2.21. The van der Waals surface area contributed by atoms with Crippen molar-refractivity contribution in [3.63, 3.8) is 0 Å². The second-order valence-electron chi connectivity index (χ2n) is 4.93. The summed E-state index contributed by atoms with van der Waals surface area (Å²) < 4.78 is 0. The maximum atomic E-state index is 12.1. The largest absolute Gasteiger partial charge is 0.374 e. The Balaban J connectivity index is 1.92. The van der Waals surface area contributed by atoms with Gasteiger partial charge < -0.3 is 10.2 Å². The molecule has 0 radical (unpaired) electrons. The van der Waals surface area contributed by atoms with E-state index in [4.69, 9.17) is 5.26 Å². The lowest BCUT2D eigenvalue weighted by Crippen LogP contribution is -2.39. The summed E-state index contributed by atoms with van der Waals surface area (Å²) in [6.45, 7) is 3.65. The van der Waals surface area contributed by atoms with Crippen LogP contribution in [0.25, 0.3) is 0 Å². The van der Waals surface area contributed by atoms with Crippen molar-refractivity contribution in [1.82, 2.24) is 4.90 Å². The van der Waals surface area contributed by atoms with Crippen LogP contribution in [0.3, 0.4) is 0 Å². The van der Waals surface area contributed by atoms with Gasteiger partial charge in [0.25, 0.3) is 0 Å². The van der Waals surface area contributed by atoms with Crippen LogP contribution in [0.5, 0.6) is 0 Å². The Morgan fingerprint density at radius 3 is 2.58 bits per heavy atom. The molecule has 1 aliphatic rings. The van der Waals surface area contributed by atoms with Gasteiger partial charge in [0, 0.05) is 18.8 Å². The standard InChI is InChI=1S/C15H19N3O/c1-12(15(19)18-10-2-3-11-18)17-14-6-4-13(5-7-14)8-9-16/h4-7,12,17H,2-3,8,10-11H2,1H3. The van der Waals surface area contributed by atoms with Crippen LogP contribution >= 0.6 is 0 Å². The van der Waals surface area contributed by atoms with Gasteiger partial charge in [0.15, 0.2) is 0 Å². The first kappa shape index (κ1) is 13.4. The first-order chi connectivity index (χ1) is 9.20. The quantitative estimate of drug-likeness (QED) is 0.899. The Labute approximate surface area is 114 Å². The van der Waals surface area contributed by atoms with Crippen LogP contribution in [0.15, 0.2) is 24.3 Å². The van der Waals surface area contributed by atoms with Gasteiger partial charge in [-0.15, -0.1) is 0 Å². The number of anilines is 1. The van der Waals surface area contributed by atoms with Gasteiger partial charge in [-0.1, -0.05) is 12.1 Å². The van der Waals surface area contributed by atoms with Crippen LogP contribution in [-0.4, -0.2) is 29.9 Å². The van der Waals surface area contributed by atoms with Crippen molar-refractivity contribution in [2.75, 3.05) is 18.4 Å². The van der Waals surface area contributed by atoms with Crippen molar-refractivity contribution in [2.24, 2.45) is 0 Å². The number of nitrogens with zero attached hydrogens (tertiary/aromatic N) is 2. The number of hydrogen-bond acceptors (Lipinski definition) is 3. The van der Waals surface area contributed by atoms with Crippen LogP contribution in [0.1, 0.15) is 25.3 Å². The highest BCUT2D eigenvalue weighted by molar-refractivity contribution is 5.84. The number of nitrogens with one attached hydrogen (secondary N) is 1. The number of rotatable bonds is 4. The van der Waals surface area contributed by atoms with Gasteiger partial charge in [-0.25, -0.2) is 0 Å². The van der Waals surface area contributed by atoms with Crippen LogP contribution in [0.2, 0.25) is 0 Å². The van der Waals surface area contributed by atoms with Gasteiger partial charge >= 0.3 is 0 Å². The first-order valence-electron chi connectivity index (χ1n) is 6.72. The second-order valence-corrected chi connectivity index (χ2v) is 4.93. The molecule has 1 atom stereocenters. The molecule has 0 spiro atoms. The molecule has 4 nitrogen and oxygen atoms in total. The molecule has 1 saturated heterocycles. The van der Waals surface area contributed by atoms with E-state index in [1.54, 1.807) is 0 Å². The highest BCUT2D eigenvalue weighted by atomic mass is 16.2. The van der Waals surface area contributed by atoms with E-state index < -0.39 is 0 Å². The van der Waals surface area contributed by atoms with Gasteiger partial charge in [0.1, 0.15) is 6.04 Å². The minimum atomic E-state index is -0.208. The average molecular weight is 257 g/mol. The third-order valence-corrected chi connectivity index (χ3v) is 3.41. The number of hydrogen-bond donors (Lipinski definition) is 1. The van der Waals surface area contributed by atoms with E-state index in [2.05, 4.69) is 11.4 Å². The third kappa shape index (κ3) is 3.47. The molecule has 1 aromatic rings. The van der Waals surface area contributed by atoms with E-state index in [1.807, 2.05) is 36.1 Å². The zero-order valence-corrected chi connectivity index (χ0v) is 11.2. The summed E-state index contributed by atoms with van der Waals surface area (Å²) >= 11 is 0. The Morgan fingerprint density at radius 2 is 2.00 bits per heavy atom. The average Bonchev–Trinajstić information content (AvgIpc) is 2.94. The van der Waals surface area contributed by atoms with Crippen molar-refractivity contribution in [2.45, 2.75) is 32.2 Å². The number of likely N-dealkylation sites (tertiary alicyclic amines) is 1. The van der Waals surface area contributed by atoms with Gasteiger partial charge in [-0.05, 0) is 37.5 Å². The Kier molecular flexibility index (Phi) is 4.40. The Bertz CT molecular complexity index is 469. The minimum Gasteiger partial charge on any atom is -0.374 e. The predicted octanol–water partition coefficient (Wildman–Crippen LogP) is 2.18. The highest BCUT2D eigenvalue weighted by Gasteiger charge is 2.22. The molecule has 0 aromatic heterocycles. The molecular formula is C15H19N3O. The number of carbonyl (C=O) groups excluding carboxylic acids is 1. The molecule has 0 saturated carbocycles. The van der Waals surface area contributed by atoms with Crippen LogP contribution in [-0.2, 0) is 11.2 Å². The number of amides is 1. The molecule has 0 aliphatic carbocycles. The fourth-order valence-electron chi connectivity index (χ4n) is 2.33. The third-order valence-electron chi connectivity index (χ3n) is 3.41. The van der Waals surface area contributed by atoms with Crippen molar-refractivity contribution in [3.8, 4) is 6.07 Å². The molecule has 1 aromatic carbocycles. The normalized spacial score (nSPS) is 15.9. The molecule has 1 N–H and O–H groups in total. The number of carbonyl (C=O) groups is 1. The molecule has 100 valence electrons.